The smallest absolute Gasteiger partial charge is 0.275 e. The fourth-order valence-electron chi connectivity index (χ4n) is 2.53. The van der Waals surface area contributed by atoms with Gasteiger partial charge in [-0.2, -0.15) is 0 Å². The van der Waals surface area contributed by atoms with Crippen LogP contribution in [0.4, 0.5) is 0 Å². The van der Waals surface area contributed by atoms with Gasteiger partial charge in [0.1, 0.15) is 0 Å². The number of hydrogen-bond acceptors (Lipinski definition) is 3. The van der Waals surface area contributed by atoms with Gasteiger partial charge in [-0.15, -0.1) is 0 Å². The molecule has 3 rings (SSSR count). The van der Waals surface area contributed by atoms with Gasteiger partial charge in [0.15, 0.2) is 5.65 Å². The first-order valence-electron chi connectivity index (χ1n) is 6.49. The Hall–Kier alpha value is -1.62. The number of rotatable bonds is 1. The summed E-state index contributed by atoms with van der Waals surface area (Å²) in [4.78, 5) is 16.6. The molecule has 0 bridgehead atoms. The van der Waals surface area contributed by atoms with Gasteiger partial charge in [0.25, 0.3) is 5.56 Å². The molecule has 2 aromatic rings. The second-order valence-corrected chi connectivity index (χ2v) is 5.03. The second kappa shape index (κ2) is 4.24. The van der Waals surface area contributed by atoms with Crippen molar-refractivity contribution in [2.45, 2.75) is 39.2 Å². The number of aromatic nitrogens is 3. The third-order valence-electron chi connectivity index (χ3n) is 3.79. The minimum Gasteiger partial charge on any atom is -0.309 e. The van der Waals surface area contributed by atoms with Crippen LogP contribution in [-0.4, -0.2) is 21.1 Å². The van der Waals surface area contributed by atoms with Crippen molar-refractivity contribution in [3.63, 3.8) is 0 Å². The zero-order valence-corrected chi connectivity index (χ0v) is 10.8. The lowest BCUT2D eigenvalue weighted by atomic mass is 10.0. The molecule has 0 spiro atoms. The quantitative estimate of drug-likeness (QED) is 0.800. The van der Waals surface area contributed by atoms with Gasteiger partial charge >= 0.3 is 0 Å². The summed E-state index contributed by atoms with van der Waals surface area (Å²) in [6.07, 6.45) is 3.57. The molecule has 5 heteroatoms. The molecule has 1 unspecified atom stereocenters. The van der Waals surface area contributed by atoms with E-state index >= 15 is 0 Å². The molecule has 0 aromatic carbocycles. The highest BCUT2D eigenvalue weighted by Gasteiger charge is 2.18. The Kier molecular flexibility index (Phi) is 2.70. The van der Waals surface area contributed by atoms with E-state index in [1.807, 2.05) is 19.9 Å². The number of aromatic amines is 1. The van der Waals surface area contributed by atoms with Gasteiger partial charge in [-0.3, -0.25) is 9.89 Å². The van der Waals surface area contributed by atoms with Crippen molar-refractivity contribution in [3.05, 3.63) is 33.4 Å². The molecular weight excluding hydrogens is 228 g/mol. The lowest BCUT2D eigenvalue weighted by Gasteiger charge is -2.21. The van der Waals surface area contributed by atoms with Gasteiger partial charge in [-0.05, 0) is 33.2 Å². The number of H-pyrrole nitrogens is 1. The van der Waals surface area contributed by atoms with Gasteiger partial charge in [0.05, 0.1) is 5.69 Å². The molecule has 0 saturated carbocycles. The number of nitrogens with zero attached hydrogens (tertiary/aromatic N) is 2. The first-order valence-corrected chi connectivity index (χ1v) is 6.49. The molecule has 2 N–H and O–H groups in total. The summed E-state index contributed by atoms with van der Waals surface area (Å²) in [6, 6.07) is 2.30. The van der Waals surface area contributed by atoms with Crippen molar-refractivity contribution >= 4 is 5.65 Å². The van der Waals surface area contributed by atoms with Crippen LogP contribution in [0, 0.1) is 13.8 Å². The molecule has 1 saturated heterocycles. The molecule has 1 aliphatic rings. The van der Waals surface area contributed by atoms with E-state index in [1.54, 1.807) is 4.52 Å². The first-order chi connectivity index (χ1) is 8.66. The lowest BCUT2D eigenvalue weighted by Crippen LogP contribution is -2.27. The molecular formula is C13H18N4O. The van der Waals surface area contributed by atoms with Gasteiger partial charge < -0.3 is 5.32 Å². The van der Waals surface area contributed by atoms with Crippen LogP contribution in [0.1, 0.15) is 42.3 Å². The van der Waals surface area contributed by atoms with Crippen molar-refractivity contribution in [1.82, 2.24) is 19.9 Å². The fourth-order valence-corrected chi connectivity index (χ4v) is 2.53. The molecule has 1 fully saturated rings. The normalized spacial score (nSPS) is 20.4. The van der Waals surface area contributed by atoms with Crippen LogP contribution in [-0.2, 0) is 0 Å². The second-order valence-electron chi connectivity index (χ2n) is 5.03. The number of aryl methyl sites for hydroxylation is 1. The maximum absolute atomic E-state index is 12.1. The predicted molar refractivity (Wildman–Crippen MR) is 69.9 cm³/mol. The summed E-state index contributed by atoms with van der Waals surface area (Å²) in [7, 11) is 0. The van der Waals surface area contributed by atoms with E-state index in [1.165, 1.54) is 12.8 Å². The molecule has 2 aromatic heterocycles. The van der Waals surface area contributed by atoms with Crippen LogP contribution in [0.3, 0.4) is 0 Å². The van der Waals surface area contributed by atoms with Crippen LogP contribution < -0.4 is 10.9 Å². The molecule has 1 atom stereocenters. The average Bonchev–Trinajstić information content (AvgIpc) is 2.81. The summed E-state index contributed by atoms with van der Waals surface area (Å²) in [5.74, 6) is 0. The molecule has 18 heavy (non-hydrogen) atoms. The Morgan fingerprint density at radius 3 is 2.94 bits per heavy atom. The monoisotopic (exact) mass is 246 g/mol. The van der Waals surface area contributed by atoms with Crippen molar-refractivity contribution in [2.75, 3.05) is 6.54 Å². The van der Waals surface area contributed by atoms with E-state index < -0.39 is 0 Å². The summed E-state index contributed by atoms with van der Waals surface area (Å²) in [6.45, 7) is 4.74. The lowest BCUT2D eigenvalue weighted by molar-refractivity contribution is 0.404. The molecule has 0 aliphatic carbocycles. The zero-order chi connectivity index (χ0) is 12.7. The van der Waals surface area contributed by atoms with Gasteiger partial charge in [-0.25, -0.2) is 9.50 Å². The van der Waals surface area contributed by atoms with Crippen LogP contribution in [0.5, 0.6) is 0 Å². The predicted octanol–water partition coefficient (Wildman–Crippen LogP) is 1.45. The maximum atomic E-state index is 12.1. The van der Waals surface area contributed by atoms with Crippen molar-refractivity contribution in [1.29, 1.82) is 0 Å². The van der Waals surface area contributed by atoms with Gasteiger partial charge in [0.2, 0.25) is 0 Å². The highest BCUT2D eigenvalue weighted by Crippen LogP contribution is 2.22. The van der Waals surface area contributed by atoms with Gasteiger partial charge in [-0.1, -0.05) is 6.42 Å². The van der Waals surface area contributed by atoms with Crippen LogP contribution >= 0.6 is 0 Å². The highest BCUT2D eigenvalue weighted by molar-refractivity contribution is 5.42. The molecule has 3 heterocycles. The standard InChI is InChI=1S/C13H18N4O/c1-8-9(2)15-12-7-11(16-17(12)13(8)18)10-5-3-4-6-14-10/h7,10,14,16H,3-6H2,1-2H3. The van der Waals surface area contributed by atoms with E-state index in [0.717, 1.165) is 24.4 Å². The Balaban J connectivity index is 2.10. The van der Waals surface area contributed by atoms with E-state index in [-0.39, 0.29) is 5.56 Å². The number of fused-ring (bicyclic) bond motifs is 1. The largest absolute Gasteiger partial charge is 0.309 e. The third kappa shape index (κ3) is 1.75. The Morgan fingerprint density at radius 2 is 2.22 bits per heavy atom. The van der Waals surface area contributed by atoms with Gasteiger partial charge in [0, 0.05) is 23.4 Å². The summed E-state index contributed by atoms with van der Waals surface area (Å²) in [5, 5.41) is 6.65. The Labute approximate surface area is 105 Å². The van der Waals surface area contributed by atoms with Crippen LogP contribution in [0.25, 0.3) is 5.65 Å². The van der Waals surface area contributed by atoms with Crippen molar-refractivity contribution in [2.24, 2.45) is 0 Å². The van der Waals surface area contributed by atoms with E-state index in [9.17, 15) is 4.79 Å². The number of piperidine rings is 1. The fraction of sp³-hybridized carbons (Fsp3) is 0.538. The summed E-state index contributed by atoms with van der Waals surface area (Å²) in [5.41, 5.74) is 3.29. The number of hydrogen-bond donors (Lipinski definition) is 2. The molecule has 0 radical (unpaired) electrons. The Morgan fingerprint density at radius 1 is 1.39 bits per heavy atom. The Bertz CT molecular complexity index is 634. The topological polar surface area (TPSA) is 62.2 Å². The van der Waals surface area contributed by atoms with Crippen LogP contribution in [0.2, 0.25) is 0 Å². The molecule has 96 valence electrons. The summed E-state index contributed by atoms with van der Waals surface area (Å²) < 4.78 is 1.55. The average molecular weight is 246 g/mol. The SMILES string of the molecule is Cc1nc2cc(C3CCCCN3)[nH]n2c(=O)c1C. The molecule has 1 aliphatic heterocycles. The summed E-state index contributed by atoms with van der Waals surface area (Å²) >= 11 is 0. The van der Waals surface area contributed by atoms with E-state index in [2.05, 4.69) is 15.4 Å². The van der Waals surface area contributed by atoms with Crippen molar-refractivity contribution in [3.8, 4) is 0 Å². The van der Waals surface area contributed by atoms with E-state index in [4.69, 9.17) is 0 Å². The highest BCUT2D eigenvalue weighted by atomic mass is 16.1. The van der Waals surface area contributed by atoms with E-state index in [0.29, 0.717) is 17.3 Å². The molecule has 0 amide bonds. The van der Waals surface area contributed by atoms with Crippen molar-refractivity contribution < 1.29 is 0 Å². The first kappa shape index (κ1) is 11.5. The van der Waals surface area contributed by atoms with Crippen LogP contribution in [0.15, 0.2) is 10.9 Å². The maximum Gasteiger partial charge on any atom is 0.275 e. The number of nitrogens with one attached hydrogen (secondary N) is 2. The molecule has 5 nitrogen and oxygen atoms in total. The third-order valence-corrected chi connectivity index (χ3v) is 3.79. The minimum absolute atomic E-state index is 0.000408. The minimum atomic E-state index is -0.000408. The zero-order valence-electron chi connectivity index (χ0n) is 10.8.